The quantitative estimate of drug-likeness (QED) is 0.754. The molecule has 1 aromatic carbocycles. The lowest BCUT2D eigenvalue weighted by Gasteiger charge is -2.35. The average Bonchev–Trinajstić information content (AvgIpc) is 2.76. The van der Waals surface area contributed by atoms with Gasteiger partial charge in [-0.1, -0.05) is 12.1 Å². The van der Waals surface area contributed by atoms with Crippen LogP contribution in [0, 0.1) is 5.82 Å². The molecule has 1 amide bonds. The highest BCUT2D eigenvalue weighted by Crippen LogP contribution is 2.42. The molecule has 2 atom stereocenters. The van der Waals surface area contributed by atoms with E-state index in [4.69, 9.17) is 4.74 Å². The van der Waals surface area contributed by atoms with E-state index in [1.165, 1.54) is 18.2 Å². The van der Waals surface area contributed by atoms with Crippen molar-refractivity contribution >= 4 is 11.7 Å². The largest absolute Gasteiger partial charge is 0.444 e. The molecule has 1 aromatic rings. The normalized spacial score (nSPS) is 22.4. The van der Waals surface area contributed by atoms with Crippen LogP contribution in [0.1, 0.15) is 45.6 Å². The number of ether oxygens (including phenoxy) is 2. The molecule has 0 aliphatic carbocycles. The van der Waals surface area contributed by atoms with E-state index in [1.54, 1.807) is 31.7 Å². The Morgan fingerprint density at radius 1 is 1.27 bits per heavy atom. The summed E-state index contributed by atoms with van der Waals surface area (Å²) in [6.07, 6.45) is 3.22. The summed E-state index contributed by atoms with van der Waals surface area (Å²) in [7, 11) is 0. The topological polar surface area (TPSA) is 38.8 Å². The number of fused-ring (bicyclic) bond motifs is 2. The van der Waals surface area contributed by atoms with Crippen molar-refractivity contribution in [3.63, 3.8) is 0 Å². The van der Waals surface area contributed by atoms with Crippen LogP contribution in [0.4, 0.5) is 18.0 Å². The number of carbonyl (C=O) groups is 1. The van der Waals surface area contributed by atoms with Crippen molar-refractivity contribution in [2.45, 2.75) is 64.3 Å². The number of rotatable bonds is 3. The first-order valence-corrected chi connectivity index (χ1v) is 8.61. The molecule has 0 saturated carbocycles. The fraction of sp³-hybridized carbons (Fsp3) is 0.526. The Morgan fingerprint density at radius 3 is 2.62 bits per heavy atom. The number of hydrogen-bond acceptors (Lipinski definition) is 3. The van der Waals surface area contributed by atoms with Gasteiger partial charge in [-0.25, -0.2) is 9.18 Å². The molecule has 26 heavy (non-hydrogen) atoms. The zero-order chi connectivity index (χ0) is 19.1. The molecule has 7 heteroatoms. The maximum Gasteiger partial charge on any atom is 0.411 e. The van der Waals surface area contributed by atoms with E-state index in [2.05, 4.69) is 4.74 Å². The Kier molecular flexibility index (Phi) is 4.90. The van der Waals surface area contributed by atoms with E-state index >= 15 is 0 Å². The second-order valence-corrected chi connectivity index (χ2v) is 7.57. The number of carbonyl (C=O) groups excluding carboxylic acids is 1. The summed E-state index contributed by atoms with van der Waals surface area (Å²) in [5, 5.41) is 0. The zero-order valence-corrected chi connectivity index (χ0v) is 15.0. The summed E-state index contributed by atoms with van der Waals surface area (Å²) >= 11 is 0. The molecule has 0 spiro atoms. The number of alkyl halides is 2. The summed E-state index contributed by atoms with van der Waals surface area (Å²) in [6.45, 7) is 2.36. The summed E-state index contributed by atoms with van der Waals surface area (Å²) in [4.78, 5) is 14.1. The van der Waals surface area contributed by atoms with E-state index in [1.807, 2.05) is 0 Å². The van der Waals surface area contributed by atoms with Crippen LogP contribution in [-0.4, -0.2) is 35.3 Å². The molecule has 4 nitrogen and oxygen atoms in total. The summed E-state index contributed by atoms with van der Waals surface area (Å²) in [5.41, 5.74) is 0.0317. The Morgan fingerprint density at radius 2 is 2.00 bits per heavy atom. The molecule has 1 saturated heterocycles. The third kappa shape index (κ3) is 3.81. The molecule has 2 aliphatic rings. The Labute approximate surface area is 150 Å². The van der Waals surface area contributed by atoms with Crippen LogP contribution in [0.3, 0.4) is 0 Å². The minimum atomic E-state index is -3.03. The molecule has 3 rings (SSSR count). The van der Waals surface area contributed by atoms with E-state index < -0.39 is 24.1 Å². The molecule has 2 bridgehead atoms. The predicted octanol–water partition coefficient (Wildman–Crippen LogP) is 4.98. The predicted molar refractivity (Wildman–Crippen MR) is 90.5 cm³/mol. The third-order valence-electron chi connectivity index (χ3n) is 4.51. The number of benzene rings is 1. The molecule has 0 aromatic heterocycles. The van der Waals surface area contributed by atoms with Crippen molar-refractivity contribution in [1.29, 1.82) is 0 Å². The van der Waals surface area contributed by atoms with Crippen LogP contribution >= 0.6 is 0 Å². The smallest absolute Gasteiger partial charge is 0.411 e. The van der Waals surface area contributed by atoms with Crippen LogP contribution in [0.25, 0.3) is 5.57 Å². The van der Waals surface area contributed by atoms with Crippen molar-refractivity contribution in [2.24, 2.45) is 0 Å². The van der Waals surface area contributed by atoms with Gasteiger partial charge in [0.1, 0.15) is 17.2 Å². The minimum absolute atomic E-state index is 0.0496. The Balaban J connectivity index is 1.90. The van der Waals surface area contributed by atoms with Crippen LogP contribution in [-0.2, 0) is 4.74 Å². The van der Waals surface area contributed by atoms with Crippen LogP contribution < -0.4 is 4.74 Å². The lowest BCUT2D eigenvalue weighted by molar-refractivity contribution is -0.0502. The van der Waals surface area contributed by atoms with Crippen molar-refractivity contribution in [2.75, 3.05) is 0 Å². The molecule has 2 unspecified atom stereocenters. The van der Waals surface area contributed by atoms with E-state index in [-0.39, 0.29) is 23.4 Å². The van der Waals surface area contributed by atoms with Gasteiger partial charge in [0.15, 0.2) is 0 Å². The van der Waals surface area contributed by atoms with E-state index in [0.717, 1.165) is 12.8 Å². The first-order chi connectivity index (χ1) is 12.2. The fourth-order valence-corrected chi connectivity index (χ4v) is 3.62. The number of amides is 1. The zero-order valence-electron chi connectivity index (χ0n) is 15.0. The van der Waals surface area contributed by atoms with Gasteiger partial charge in [-0.3, -0.25) is 4.90 Å². The number of nitrogens with zero attached hydrogens (tertiary/aromatic N) is 1. The summed E-state index contributed by atoms with van der Waals surface area (Å²) in [5.74, 6) is -0.795. The van der Waals surface area contributed by atoms with Gasteiger partial charge in [0.25, 0.3) is 0 Å². The van der Waals surface area contributed by atoms with E-state index in [0.29, 0.717) is 12.0 Å². The Hall–Kier alpha value is -2.18. The molecule has 2 aliphatic heterocycles. The molecule has 0 N–H and O–H groups in total. The first-order valence-electron chi connectivity index (χ1n) is 8.61. The highest BCUT2D eigenvalue weighted by molar-refractivity contribution is 5.77. The fourth-order valence-electron chi connectivity index (χ4n) is 3.62. The van der Waals surface area contributed by atoms with Crippen LogP contribution in [0.15, 0.2) is 24.3 Å². The summed E-state index contributed by atoms with van der Waals surface area (Å²) in [6, 6.07) is 3.50. The number of halogens is 3. The van der Waals surface area contributed by atoms with Crippen LogP contribution in [0.2, 0.25) is 0 Å². The van der Waals surface area contributed by atoms with Crippen molar-refractivity contribution in [3.05, 3.63) is 35.7 Å². The molecular weight excluding hydrogens is 347 g/mol. The second kappa shape index (κ2) is 6.85. The first kappa shape index (κ1) is 18.6. The van der Waals surface area contributed by atoms with Gasteiger partial charge in [0.2, 0.25) is 0 Å². The highest BCUT2D eigenvalue weighted by Gasteiger charge is 2.42. The van der Waals surface area contributed by atoms with Crippen LogP contribution in [0.5, 0.6) is 5.75 Å². The lowest BCUT2D eigenvalue weighted by Crippen LogP contribution is -2.45. The standard InChI is InChI=1S/C19H22F3NO3/c1-19(2,3)26-18(24)23-12-7-8-13(23)10-11(9-12)16-14(20)5-4-6-15(16)25-17(21)22/h4-6,9,12-13,17H,7-8,10H2,1-3H3. The van der Waals surface area contributed by atoms with Gasteiger partial charge in [-0.05, 0) is 57.7 Å². The monoisotopic (exact) mass is 369 g/mol. The van der Waals surface area contributed by atoms with Crippen molar-refractivity contribution in [1.82, 2.24) is 4.90 Å². The van der Waals surface area contributed by atoms with Gasteiger partial charge >= 0.3 is 12.7 Å². The maximum absolute atomic E-state index is 14.4. The maximum atomic E-state index is 14.4. The molecule has 2 heterocycles. The molecule has 0 radical (unpaired) electrons. The van der Waals surface area contributed by atoms with Crippen molar-refractivity contribution in [3.8, 4) is 5.75 Å². The van der Waals surface area contributed by atoms with Gasteiger partial charge < -0.3 is 9.47 Å². The third-order valence-corrected chi connectivity index (χ3v) is 4.51. The highest BCUT2D eigenvalue weighted by atomic mass is 19.3. The number of hydrogen-bond donors (Lipinski definition) is 0. The second-order valence-electron chi connectivity index (χ2n) is 7.57. The molecule has 1 fully saturated rings. The van der Waals surface area contributed by atoms with E-state index in [9.17, 15) is 18.0 Å². The average molecular weight is 369 g/mol. The lowest BCUT2D eigenvalue weighted by atomic mass is 9.94. The van der Waals surface area contributed by atoms with Gasteiger partial charge in [0, 0.05) is 6.04 Å². The Bertz CT molecular complexity index is 727. The summed E-state index contributed by atoms with van der Waals surface area (Å²) < 4.78 is 49.6. The SMILES string of the molecule is CC(C)(C)OC(=O)N1C2C=C(c3c(F)cccc3OC(F)F)CC1CC2. The van der Waals surface area contributed by atoms with Crippen molar-refractivity contribution < 1.29 is 27.4 Å². The molecule has 142 valence electrons. The van der Waals surface area contributed by atoms with Gasteiger partial charge in [-0.2, -0.15) is 8.78 Å². The van der Waals surface area contributed by atoms with Gasteiger partial charge in [-0.15, -0.1) is 0 Å². The minimum Gasteiger partial charge on any atom is -0.444 e. The molecular formula is C19H22F3NO3. The van der Waals surface area contributed by atoms with Gasteiger partial charge in [0.05, 0.1) is 11.6 Å².